The molecule has 1 amide bonds. The van der Waals surface area contributed by atoms with Crippen LogP contribution in [-0.2, 0) is 22.7 Å². The van der Waals surface area contributed by atoms with Gasteiger partial charge < -0.3 is 20.0 Å². The van der Waals surface area contributed by atoms with Crippen LogP contribution in [0.5, 0.6) is 5.75 Å². The van der Waals surface area contributed by atoms with Crippen LogP contribution in [-0.4, -0.2) is 11.9 Å². The molecule has 0 aromatic heterocycles. The maximum atomic E-state index is 11.4. The number of carbonyl (C=O) groups excluding carboxylic acids is 2. The highest BCUT2D eigenvalue weighted by molar-refractivity contribution is 6.30. The zero-order valence-electron chi connectivity index (χ0n) is 13.0. The Balaban J connectivity index is 1.77. The van der Waals surface area contributed by atoms with Gasteiger partial charge in [-0.2, -0.15) is 0 Å². The fourth-order valence-electron chi connectivity index (χ4n) is 1.96. The van der Waals surface area contributed by atoms with Gasteiger partial charge in [0, 0.05) is 24.0 Å². The van der Waals surface area contributed by atoms with E-state index >= 15 is 0 Å². The van der Waals surface area contributed by atoms with Gasteiger partial charge >= 0.3 is 0 Å². The molecule has 24 heavy (non-hydrogen) atoms. The van der Waals surface area contributed by atoms with Crippen molar-refractivity contribution in [3.05, 3.63) is 64.7 Å². The zero-order valence-corrected chi connectivity index (χ0v) is 13.7. The fourth-order valence-corrected chi connectivity index (χ4v) is 2.08. The van der Waals surface area contributed by atoms with Gasteiger partial charge in [-0.1, -0.05) is 35.9 Å². The van der Waals surface area contributed by atoms with E-state index in [2.05, 4.69) is 5.32 Å². The van der Waals surface area contributed by atoms with Gasteiger partial charge in [0.1, 0.15) is 12.4 Å². The Labute approximate surface area is 145 Å². The Hall–Kier alpha value is -2.53. The van der Waals surface area contributed by atoms with Gasteiger partial charge in [-0.25, -0.2) is 0 Å². The lowest BCUT2D eigenvalue weighted by atomic mass is 10.2. The molecule has 2 aromatic carbocycles. The van der Waals surface area contributed by atoms with Crippen molar-refractivity contribution in [3.63, 3.8) is 0 Å². The van der Waals surface area contributed by atoms with Crippen LogP contribution < -0.4 is 15.2 Å². The summed E-state index contributed by atoms with van der Waals surface area (Å²) >= 11 is 5.83. The van der Waals surface area contributed by atoms with E-state index in [9.17, 15) is 14.7 Å². The van der Waals surface area contributed by atoms with Crippen molar-refractivity contribution in [2.45, 2.75) is 26.0 Å². The molecule has 0 aliphatic carbocycles. The van der Waals surface area contributed by atoms with Gasteiger partial charge in [-0.05, 0) is 41.8 Å². The van der Waals surface area contributed by atoms with Gasteiger partial charge in [-0.3, -0.25) is 4.79 Å². The SMILES string of the molecule is O=C([O-])CCC(=O)NCc1ccc(OCc2ccc(Cl)cc2)cc1. The number of halogens is 1. The number of carboxylic acids is 1. The molecule has 0 saturated carbocycles. The second-order valence-electron chi connectivity index (χ2n) is 5.21. The lowest BCUT2D eigenvalue weighted by Gasteiger charge is -2.09. The van der Waals surface area contributed by atoms with Crippen molar-refractivity contribution < 1.29 is 19.4 Å². The Kier molecular flexibility index (Phi) is 6.63. The first-order valence-electron chi connectivity index (χ1n) is 7.45. The van der Waals surface area contributed by atoms with Crippen molar-refractivity contribution in [2.75, 3.05) is 0 Å². The number of carbonyl (C=O) groups is 2. The molecule has 0 unspecified atom stereocenters. The maximum absolute atomic E-state index is 11.4. The molecule has 0 atom stereocenters. The van der Waals surface area contributed by atoms with E-state index in [1.54, 1.807) is 0 Å². The third-order valence-electron chi connectivity index (χ3n) is 3.29. The summed E-state index contributed by atoms with van der Waals surface area (Å²) in [5.41, 5.74) is 1.92. The summed E-state index contributed by atoms with van der Waals surface area (Å²) in [6, 6.07) is 14.8. The molecular formula is C18H17ClNO4-. The number of hydrogen-bond acceptors (Lipinski definition) is 4. The molecule has 2 aromatic rings. The second kappa shape index (κ2) is 8.93. The summed E-state index contributed by atoms with van der Waals surface area (Å²) in [5, 5.41) is 13.6. The molecule has 5 nitrogen and oxygen atoms in total. The van der Waals surface area contributed by atoms with Gasteiger partial charge in [0.2, 0.25) is 5.91 Å². The Morgan fingerprint density at radius 1 is 0.958 bits per heavy atom. The lowest BCUT2D eigenvalue weighted by Crippen LogP contribution is -2.27. The molecule has 6 heteroatoms. The van der Waals surface area contributed by atoms with Crippen LogP contribution in [0.15, 0.2) is 48.5 Å². The minimum absolute atomic E-state index is 0.0787. The molecule has 0 saturated heterocycles. The molecule has 0 aliphatic rings. The summed E-state index contributed by atoms with van der Waals surface area (Å²) < 4.78 is 5.67. The third-order valence-corrected chi connectivity index (χ3v) is 3.54. The van der Waals surface area contributed by atoms with Crippen LogP contribution in [0, 0.1) is 0 Å². The summed E-state index contributed by atoms with van der Waals surface area (Å²) in [6.07, 6.45) is -0.353. The monoisotopic (exact) mass is 346 g/mol. The Morgan fingerprint density at radius 3 is 2.21 bits per heavy atom. The van der Waals surface area contributed by atoms with Gasteiger partial charge in [-0.15, -0.1) is 0 Å². The van der Waals surface area contributed by atoms with Crippen molar-refractivity contribution in [2.24, 2.45) is 0 Å². The summed E-state index contributed by atoms with van der Waals surface area (Å²) in [7, 11) is 0. The van der Waals surface area contributed by atoms with Gasteiger partial charge in [0.05, 0.1) is 0 Å². The third kappa shape index (κ3) is 6.30. The molecule has 0 radical (unpaired) electrons. The number of amides is 1. The molecule has 2 rings (SSSR count). The average Bonchev–Trinajstić information content (AvgIpc) is 2.58. The quantitative estimate of drug-likeness (QED) is 0.793. The fraction of sp³-hybridized carbons (Fsp3) is 0.222. The van der Waals surface area contributed by atoms with E-state index in [4.69, 9.17) is 16.3 Å². The zero-order chi connectivity index (χ0) is 17.4. The number of nitrogens with one attached hydrogen (secondary N) is 1. The maximum Gasteiger partial charge on any atom is 0.220 e. The minimum atomic E-state index is -1.23. The predicted molar refractivity (Wildman–Crippen MR) is 88.3 cm³/mol. The van der Waals surface area contributed by atoms with E-state index in [1.807, 2.05) is 48.5 Å². The van der Waals surface area contributed by atoms with Crippen molar-refractivity contribution in [1.29, 1.82) is 0 Å². The minimum Gasteiger partial charge on any atom is -0.550 e. The standard InChI is InChI=1S/C18H18ClNO4/c19-15-5-1-14(2-6-15)12-24-16-7-3-13(4-8-16)11-20-17(21)9-10-18(22)23/h1-8H,9-12H2,(H,20,21)(H,22,23)/p-1. The first kappa shape index (κ1) is 17.8. The summed E-state index contributed by atoms with van der Waals surface area (Å²) in [4.78, 5) is 21.7. The summed E-state index contributed by atoms with van der Waals surface area (Å²) in [6.45, 7) is 0.778. The first-order chi connectivity index (χ1) is 11.5. The predicted octanol–water partition coefficient (Wildman–Crippen LogP) is 2.07. The number of hydrogen-bond donors (Lipinski definition) is 1. The molecule has 1 N–H and O–H groups in total. The number of ether oxygens (including phenoxy) is 1. The smallest absolute Gasteiger partial charge is 0.220 e. The van der Waals surface area contributed by atoms with Crippen molar-refractivity contribution in [3.8, 4) is 5.75 Å². The molecule has 0 aliphatic heterocycles. The van der Waals surface area contributed by atoms with Gasteiger partial charge in [0.15, 0.2) is 0 Å². The largest absolute Gasteiger partial charge is 0.550 e. The van der Waals surface area contributed by atoms with Gasteiger partial charge in [0.25, 0.3) is 0 Å². The molecule has 0 heterocycles. The topological polar surface area (TPSA) is 78.5 Å². The van der Waals surface area contributed by atoms with E-state index in [0.717, 1.165) is 16.9 Å². The molecule has 0 bridgehead atoms. The first-order valence-corrected chi connectivity index (χ1v) is 7.83. The highest BCUT2D eigenvalue weighted by Gasteiger charge is 2.02. The van der Waals surface area contributed by atoms with Crippen LogP contribution in [0.3, 0.4) is 0 Å². The number of carboxylic acid groups (broad SMARTS) is 1. The highest BCUT2D eigenvalue weighted by Crippen LogP contribution is 2.15. The normalized spacial score (nSPS) is 10.2. The van der Waals surface area contributed by atoms with E-state index in [-0.39, 0.29) is 18.7 Å². The van der Waals surface area contributed by atoms with Crippen LogP contribution in [0.2, 0.25) is 5.02 Å². The molecule has 0 spiro atoms. The van der Waals surface area contributed by atoms with Crippen molar-refractivity contribution >= 4 is 23.5 Å². The number of benzene rings is 2. The van der Waals surface area contributed by atoms with E-state index < -0.39 is 5.97 Å². The molecule has 0 fully saturated rings. The lowest BCUT2D eigenvalue weighted by molar-refractivity contribution is -0.305. The molecule has 126 valence electrons. The number of rotatable bonds is 8. The van der Waals surface area contributed by atoms with Crippen molar-refractivity contribution in [1.82, 2.24) is 5.32 Å². The van der Waals surface area contributed by atoms with Crippen LogP contribution in [0.4, 0.5) is 0 Å². The van der Waals surface area contributed by atoms with E-state index in [1.165, 1.54) is 0 Å². The molecular weight excluding hydrogens is 330 g/mol. The Morgan fingerprint density at radius 2 is 1.58 bits per heavy atom. The highest BCUT2D eigenvalue weighted by atomic mass is 35.5. The number of aliphatic carboxylic acids is 1. The average molecular weight is 347 g/mol. The summed E-state index contributed by atoms with van der Waals surface area (Å²) in [5.74, 6) is -0.827. The Bertz CT molecular complexity index is 683. The van der Waals surface area contributed by atoms with E-state index in [0.29, 0.717) is 18.2 Å². The van der Waals surface area contributed by atoms with Crippen LogP contribution in [0.25, 0.3) is 0 Å². The van der Waals surface area contributed by atoms with Crippen LogP contribution in [0.1, 0.15) is 24.0 Å². The second-order valence-corrected chi connectivity index (χ2v) is 5.64. The van der Waals surface area contributed by atoms with Crippen LogP contribution >= 0.6 is 11.6 Å².